The van der Waals surface area contributed by atoms with E-state index in [1.165, 1.54) is 7.05 Å². The van der Waals surface area contributed by atoms with Crippen LogP contribution in [0.5, 0.6) is 0 Å². The van der Waals surface area contributed by atoms with Crippen LogP contribution >= 0.6 is 15.9 Å². The Morgan fingerprint density at radius 2 is 1.93 bits per heavy atom. The van der Waals surface area contributed by atoms with Crippen LogP contribution in [0.4, 0.5) is 13.2 Å². The van der Waals surface area contributed by atoms with Crippen molar-refractivity contribution in [1.82, 2.24) is 25.3 Å². The molecule has 12 heteroatoms. The van der Waals surface area contributed by atoms with Gasteiger partial charge in [-0.25, -0.2) is 0 Å². The summed E-state index contributed by atoms with van der Waals surface area (Å²) in [6.45, 7) is 4.74. The normalized spacial score (nSPS) is 25.3. The van der Waals surface area contributed by atoms with E-state index in [9.17, 15) is 22.8 Å². The monoisotopic (exact) mass is 495 g/mol. The summed E-state index contributed by atoms with van der Waals surface area (Å²) >= 11 is 2.85. The van der Waals surface area contributed by atoms with Crippen molar-refractivity contribution >= 4 is 27.7 Å². The summed E-state index contributed by atoms with van der Waals surface area (Å²) in [5, 5.41) is 9.12. The number of likely N-dealkylation sites (N-methyl/N-ethyl adjacent to an activating group) is 1. The molecular formula is C18H25BrF3N5O3. The number of morpholine rings is 1. The Morgan fingerprint density at radius 1 is 1.27 bits per heavy atom. The molecule has 3 rings (SSSR count). The standard InChI is InChI=1S/C18H25BrF3N5O3/c1-3-27-6-7-30-12(9-27)16(28)23-10-4-5-11(8-10)24-17(29)14-13(19)15(18(20,21)22)25-26(14)2/h10-12H,3-9H2,1-2H3,(H,23,28)(H,24,29)/t10-,11+,12?/m1/s1. The molecule has 2 amide bonds. The van der Waals surface area contributed by atoms with Crippen molar-refractivity contribution in [1.29, 1.82) is 0 Å². The number of amides is 2. The lowest BCUT2D eigenvalue weighted by Gasteiger charge is -2.31. The van der Waals surface area contributed by atoms with Gasteiger partial charge < -0.3 is 15.4 Å². The van der Waals surface area contributed by atoms with Crippen molar-refractivity contribution in [2.75, 3.05) is 26.2 Å². The number of alkyl halides is 3. The van der Waals surface area contributed by atoms with E-state index >= 15 is 0 Å². The van der Waals surface area contributed by atoms with Crippen molar-refractivity contribution in [3.63, 3.8) is 0 Å². The molecule has 0 bridgehead atoms. The number of aromatic nitrogens is 2. The smallest absolute Gasteiger partial charge is 0.366 e. The molecule has 0 radical (unpaired) electrons. The van der Waals surface area contributed by atoms with Crippen LogP contribution in [0.3, 0.4) is 0 Å². The van der Waals surface area contributed by atoms with Gasteiger partial charge in [-0.05, 0) is 41.7 Å². The second-order valence-corrected chi connectivity index (χ2v) is 8.37. The Bertz CT molecular complexity index is 801. The topological polar surface area (TPSA) is 88.5 Å². The number of hydrogen-bond acceptors (Lipinski definition) is 5. The third-order valence-electron chi connectivity index (χ3n) is 5.48. The van der Waals surface area contributed by atoms with Gasteiger partial charge in [-0.1, -0.05) is 6.92 Å². The lowest BCUT2D eigenvalue weighted by molar-refractivity contribution is -0.142. The van der Waals surface area contributed by atoms with E-state index in [1.54, 1.807) is 0 Å². The van der Waals surface area contributed by atoms with E-state index in [2.05, 4.69) is 36.6 Å². The molecule has 2 aliphatic rings. The minimum absolute atomic E-state index is 0.121. The first kappa shape index (κ1) is 23.0. The van der Waals surface area contributed by atoms with Gasteiger partial charge in [0.1, 0.15) is 11.8 Å². The van der Waals surface area contributed by atoms with Crippen LogP contribution in [0, 0.1) is 0 Å². The van der Waals surface area contributed by atoms with Crippen LogP contribution in [0.25, 0.3) is 0 Å². The number of ether oxygens (including phenoxy) is 1. The van der Waals surface area contributed by atoms with E-state index in [4.69, 9.17) is 4.74 Å². The molecule has 2 fully saturated rings. The molecule has 1 aliphatic heterocycles. The number of aryl methyl sites for hydroxylation is 1. The van der Waals surface area contributed by atoms with Gasteiger partial charge >= 0.3 is 6.18 Å². The summed E-state index contributed by atoms with van der Waals surface area (Å²) in [5.74, 6) is -0.812. The highest BCUT2D eigenvalue weighted by Gasteiger charge is 2.40. The van der Waals surface area contributed by atoms with Crippen LogP contribution in [-0.2, 0) is 22.8 Å². The molecule has 2 N–H and O–H groups in total. The molecule has 0 aromatic carbocycles. The summed E-state index contributed by atoms with van der Waals surface area (Å²) in [5.41, 5.74) is -1.33. The maximum atomic E-state index is 13.0. The first-order valence-corrected chi connectivity index (χ1v) is 10.6. The van der Waals surface area contributed by atoms with Crippen molar-refractivity contribution in [3.8, 4) is 0 Å². The summed E-state index contributed by atoms with van der Waals surface area (Å²) in [7, 11) is 1.29. The van der Waals surface area contributed by atoms with Crippen molar-refractivity contribution < 1.29 is 27.5 Å². The fourth-order valence-electron chi connectivity index (χ4n) is 3.87. The number of carbonyl (C=O) groups excluding carboxylic acids is 2. The van der Waals surface area contributed by atoms with E-state index < -0.39 is 23.9 Å². The zero-order valence-corrected chi connectivity index (χ0v) is 18.3. The number of carbonyl (C=O) groups is 2. The van der Waals surface area contributed by atoms with Gasteiger partial charge in [-0.15, -0.1) is 0 Å². The average Bonchev–Trinajstić information content (AvgIpc) is 3.24. The second kappa shape index (κ2) is 9.23. The van der Waals surface area contributed by atoms with Crippen LogP contribution in [0.2, 0.25) is 0 Å². The first-order chi connectivity index (χ1) is 14.1. The number of hydrogen-bond donors (Lipinski definition) is 2. The molecular weight excluding hydrogens is 471 g/mol. The highest BCUT2D eigenvalue weighted by molar-refractivity contribution is 9.10. The number of halogens is 4. The third kappa shape index (κ3) is 5.14. The molecule has 1 saturated carbocycles. The molecule has 168 valence electrons. The van der Waals surface area contributed by atoms with Crippen LogP contribution in [0.15, 0.2) is 4.47 Å². The minimum atomic E-state index is -4.66. The number of nitrogens with one attached hydrogen (secondary N) is 2. The van der Waals surface area contributed by atoms with E-state index in [1.807, 2.05) is 6.92 Å². The predicted octanol–water partition coefficient (Wildman–Crippen LogP) is 1.69. The van der Waals surface area contributed by atoms with Crippen LogP contribution in [-0.4, -0.2) is 70.9 Å². The van der Waals surface area contributed by atoms with Crippen molar-refractivity contribution in [2.45, 2.75) is 50.6 Å². The lowest BCUT2D eigenvalue weighted by atomic mass is 10.2. The Labute approximate surface area is 180 Å². The quantitative estimate of drug-likeness (QED) is 0.648. The SMILES string of the molecule is CCN1CCOC(C(=O)N[C@@H]2CC[C@H](NC(=O)c3c(Br)c(C(F)(F)F)nn3C)C2)C1. The molecule has 2 heterocycles. The molecule has 1 aromatic heterocycles. The van der Waals surface area contributed by atoms with Gasteiger partial charge in [0.05, 0.1) is 11.1 Å². The highest BCUT2D eigenvalue weighted by Crippen LogP contribution is 2.35. The first-order valence-electron chi connectivity index (χ1n) is 9.85. The summed E-state index contributed by atoms with van der Waals surface area (Å²) in [6, 6.07) is -0.373. The largest absolute Gasteiger partial charge is 0.436 e. The van der Waals surface area contributed by atoms with E-state index in [-0.39, 0.29) is 28.2 Å². The zero-order chi connectivity index (χ0) is 22.1. The van der Waals surface area contributed by atoms with Gasteiger partial charge in [-0.3, -0.25) is 19.2 Å². The maximum absolute atomic E-state index is 13.0. The molecule has 1 aliphatic carbocycles. The Balaban J connectivity index is 1.54. The second-order valence-electron chi connectivity index (χ2n) is 7.57. The maximum Gasteiger partial charge on any atom is 0.436 e. The number of rotatable bonds is 5. The van der Waals surface area contributed by atoms with E-state index in [0.29, 0.717) is 32.4 Å². The Morgan fingerprint density at radius 3 is 2.53 bits per heavy atom. The average molecular weight is 496 g/mol. The van der Waals surface area contributed by atoms with Gasteiger partial charge in [-0.2, -0.15) is 18.3 Å². The van der Waals surface area contributed by atoms with Crippen LogP contribution < -0.4 is 10.6 Å². The third-order valence-corrected chi connectivity index (χ3v) is 6.23. The molecule has 0 spiro atoms. The molecule has 1 aromatic rings. The number of nitrogens with zero attached hydrogens (tertiary/aromatic N) is 3. The van der Waals surface area contributed by atoms with Gasteiger partial charge in [0.2, 0.25) is 0 Å². The molecule has 8 nitrogen and oxygen atoms in total. The summed E-state index contributed by atoms with van der Waals surface area (Å²) in [4.78, 5) is 27.2. The Kier molecular flexibility index (Phi) is 7.08. The van der Waals surface area contributed by atoms with Gasteiger partial charge in [0, 0.05) is 32.2 Å². The molecule has 1 unspecified atom stereocenters. The molecule has 1 saturated heterocycles. The minimum Gasteiger partial charge on any atom is -0.366 e. The lowest BCUT2D eigenvalue weighted by Crippen LogP contribution is -2.51. The van der Waals surface area contributed by atoms with Crippen molar-refractivity contribution in [3.05, 3.63) is 15.9 Å². The predicted molar refractivity (Wildman–Crippen MR) is 105 cm³/mol. The molecule has 30 heavy (non-hydrogen) atoms. The fraction of sp³-hybridized carbons (Fsp3) is 0.722. The van der Waals surface area contributed by atoms with E-state index in [0.717, 1.165) is 17.8 Å². The highest BCUT2D eigenvalue weighted by atomic mass is 79.9. The zero-order valence-electron chi connectivity index (χ0n) is 16.8. The van der Waals surface area contributed by atoms with Crippen molar-refractivity contribution in [2.24, 2.45) is 7.05 Å². The van der Waals surface area contributed by atoms with Gasteiger partial charge in [0.15, 0.2) is 5.69 Å². The molecule has 3 atom stereocenters. The fourth-order valence-corrected chi connectivity index (χ4v) is 4.61. The Hall–Kier alpha value is -1.66. The summed E-state index contributed by atoms with van der Waals surface area (Å²) < 4.78 is 45.1. The summed E-state index contributed by atoms with van der Waals surface area (Å²) in [6.07, 6.45) is -3.39. The van der Waals surface area contributed by atoms with Gasteiger partial charge in [0.25, 0.3) is 11.8 Å². The van der Waals surface area contributed by atoms with Crippen LogP contribution in [0.1, 0.15) is 42.4 Å².